The van der Waals surface area contributed by atoms with Gasteiger partial charge in [-0.05, 0) is 0 Å². The molecule has 0 aliphatic rings. The number of carboxylic acid groups (broad SMARTS) is 1. The van der Waals surface area contributed by atoms with Crippen LogP contribution in [0.2, 0.25) is 0 Å². The number of aliphatic carboxylic acids is 1. The molecule has 7 heavy (non-hydrogen) atoms. The van der Waals surface area contributed by atoms with Crippen LogP contribution in [0.3, 0.4) is 0 Å². The maximum absolute atomic E-state index is 9.15. The fourth-order valence-corrected chi connectivity index (χ4v) is 0. The van der Waals surface area contributed by atoms with Crippen LogP contribution in [0.4, 0.5) is 0 Å². The average molecular weight is 136 g/mol. The minimum atomic E-state index is -1.18. The third-order valence-corrected chi connectivity index (χ3v) is 0.354. The number of hydrogen-bond acceptors (Lipinski definition) is 3. The Balaban J connectivity index is -0.0000000800. The van der Waals surface area contributed by atoms with Gasteiger partial charge in [0.25, 0.3) is 0 Å². The molecule has 0 atom stereocenters. The molecule has 0 aromatic carbocycles. The van der Waals surface area contributed by atoms with Crippen LogP contribution in [0, 0.1) is 0 Å². The zero-order valence-corrected chi connectivity index (χ0v) is 9.25. The summed E-state index contributed by atoms with van der Waals surface area (Å²) in [6.45, 7) is 0. The van der Waals surface area contributed by atoms with E-state index in [0.717, 1.165) is 0 Å². The standard InChI is InChI=1S/C2H4O2S.2Na/c3-2(4)1-5;;/h5H,1H2,(H,3,4);;/q;2*+1/p-2. The summed E-state index contributed by atoms with van der Waals surface area (Å²) >= 11 is 4.01. The summed E-state index contributed by atoms with van der Waals surface area (Å²) in [6.07, 6.45) is 0. The van der Waals surface area contributed by atoms with Crippen molar-refractivity contribution < 1.29 is 69.0 Å². The summed E-state index contributed by atoms with van der Waals surface area (Å²) in [6, 6.07) is 0. The quantitative estimate of drug-likeness (QED) is 0.265. The normalized spacial score (nSPS) is 5.29. The summed E-state index contributed by atoms with van der Waals surface area (Å²) in [5.41, 5.74) is 0. The van der Waals surface area contributed by atoms with Crippen LogP contribution in [-0.4, -0.2) is 11.7 Å². The van der Waals surface area contributed by atoms with E-state index in [4.69, 9.17) is 9.90 Å². The van der Waals surface area contributed by atoms with Gasteiger partial charge in [0.1, 0.15) is 0 Å². The molecule has 0 amide bonds. The number of rotatable bonds is 1. The average Bonchev–Trinajstić information content (AvgIpc) is 1.38. The van der Waals surface area contributed by atoms with Crippen LogP contribution in [0.15, 0.2) is 0 Å². The van der Waals surface area contributed by atoms with E-state index in [-0.39, 0.29) is 64.9 Å². The Hall–Kier alpha value is 1.82. The fraction of sp³-hybridized carbons (Fsp3) is 0.500. The molecule has 0 aromatic rings. The maximum atomic E-state index is 9.15. The van der Waals surface area contributed by atoms with Gasteiger partial charge >= 0.3 is 59.1 Å². The van der Waals surface area contributed by atoms with Gasteiger partial charge in [-0.1, -0.05) is 0 Å². The van der Waals surface area contributed by atoms with Crippen molar-refractivity contribution in [2.75, 3.05) is 5.75 Å². The Labute approximate surface area is 92.0 Å². The first kappa shape index (κ1) is 15.9. The second kappa shape index (κ2) is 10.7. The molecule has 30 valence electrons. The number of carbonyl (C=O) groups excluding carboxylic acids is 1. The minimum absolute atomic E-state index is 0. The van der Waals surface area contributed by atoms with Crippen LogP contribution in [0.1, 0.15) is 0 Å². The summed E-state index contributed by atoms with van der Waals surface area (Å²) in [7, 11) is 0. The van der Waals surface area contributed by atoms with Crippen molar-refractivity contribution in [2.24, 2.45) is 0 Å². The zero-order chi connectivity index (χ0) is 4.28. The molecule has 0 fully saturated rings. The molecule has 0 heterocycles. The molecular weight excluding hydrogens is 134 g/mol. The molecule has 5 heteroatoms. The van der Waals surface area contributed by atoms with E-state index in [1.807, 2.05) is 0 Å². The van der Waals surface area contributed by atoms with E-state index in [1.54, 1.807) is 0 Å². The second-order valence-corrected chi connectivity index (χ2v) is 0.805. The van der Waals surface area contributed by atoms with E-state index in [1.165, 1.54) is 0 Å². The van der Waals surface area contributed by atoms with Gasteiger partial charge in [0.15, 0.2) is 0 Å². The van der Waals surface area contributed by atoms with E-state index < -0.39 is 5.97 Å². The maximum Gasteiger partial charge on any atom is 1.00 e. The fourth-order valence-electron chi connectivity index (χ4n) is 0. The van der Waals surface area contributed by atoms with Crippen molar-refractivity contribution in [3.63, 3.8) is 0 Å². The van der Waals surface area contributed by atoms with Gasteiger partial charge in [0.05, 0.1) is 0 Å². The predicted octanol–water partition coefficient (Wildman–Crippen LogP) is -7.71. The van der Waals surface area contributed by atoms with Gasteiger partial charge in [-0.15, -0.1) is 5.75 Å². The topological polar surface area (TPSA) is 40.1 Å². The Morgan fingerprint density at radius 3 is 1.71 bits per heavy atom. The summed E-state index contributed by atoms with van der Waals surface area (Å²) < 4.78 is 0. The van der Waals surface area contributed by atoms with Crippen LogP contribution in [0.25, 0.3) is 0 Å². The number of carboxylic acids is 1. The van der Waals surface area contributed by atoms with Gasteiger partial charge in [0.2, 0.25) is 0 Å². The molecule has 0 radical (unpaired) electrons. The molecule has 0 rings (SSSR count). The third-order valence-electron chi connectivity index (χ3n) is 0.118. The molecule has 0 bridgehead atoms. The zero-order valence-electron chi connectivity index (χ0n) is 4.43. The molecule has 0 unspecified atom stereocenters. The van der Waals surface area contributed by atoms with Crippen molar-refractivity contribution in [1.29, 1.82) is 0 Å². The van der Waals surface area contributed by atoms with Gasteiger partial charge < -0.3 is 22.5 Å². The largest absolute Gasteiger partial charge is 1.00 e. The molecular formula is C2H2Na2O2S. The molecule has 0 saturated carbocycles. The van der Waals surface area contributed by atoms with Crippen LogP contribution in [0.5, 0.6) is 0 Å². The number of carbonyl (C=O) groups is 1. The Morgan fingerprint density at radius 1 is 1.57 bits per heavy atom. The Kier molecular flexibility index (Phi) is 24.4. The molecule has 0 N–H and O–H groups in total. The van der Waals surface area contributed by atoms with Gasteiger partial charge in [-0.2, -0.15) is 0 Å². The van der Waals surface area contributed by atoms with Gasteiger partial charge in [-0.25, -0.2) is 0 Å². The third kappa shape index (κ3) is 18.2. The van der Waals surface area contributed by atoms with Crippen molar-refractivity contribution in [2.45, 2.75) is 0 Å². The smallest absolute Gasteiger partial charge is 0.787 e. The first-order chi connectivity index (χ1) is 2.27. The van der Waals surface area contributed by atoms with Crippen molar-refractivity contribution in [3.05, 3.63) is 0 Å². The monoisotopic (exact) mass is 136 g/mol. The minimum Gasteiger partial charge on any atom is -0.787 e. The van der Waals surface area contributed by atoms with E-state index in [9.17, 15) is 0 Å². The second-order valence-electron chi connectivity index (χ2n) is 0.516. The Morgan fingerprint density at radius 2 is 1.71 bits per heavy atom. The molecule has 0 spiro atoms. The molecule has 0 aliphatic carbocycles. The van der Waals surface area contributed by atoms with Crippen molar-refractivity contribution in [3.8, 4) is 0 Å². The summed E-state index contributed by atoms with van der Waals surface area (Å²) in [5.74, 6) is -1.49. The van der Waals surface area contributed by atoms with Crippen LogP contribution >= 0.6 is 0 Å². The van der Waals surface area contributed by atoms with Crippen molar-refractivity contribution >= 4 is 18.6 Å². The van der Waals surface area contributed by atoms with Crippen LogP contribution < -0.4 is 64.2 Å². The SMILES string of the molecule is O=C([O-])C[S-].[Na+].[Na+]. The first-order valence-corrected chi connectivity index (χ1v) is 1.63. The Bertz CT molecular complexity index is 49.0. The van der Waals surface area contributed by atoms with E-state index in [0.29, 0.717) is 0 Å². The predicted molar refractivity (Wildman–Crippen MR) is 17.2 cm³/mol. The summed E-state index contributed by atoms with van der Waals surface area (Å²) in [4.78, 5) is 9.15. The van der Waals surface area contributed by atoms with Crippen LogP contribution in [-0.2, 0) is 17.4 Å². The number of hydrogen-bond donors (Lipinski definition) is 0. The van der Waals surface area contributed by atoms with Gasteiger partial charge in [-0.3, -0.25) is 0 Å². The molecule has 2 nitrogen and oxygen atoms in total. The van der Waals surface area contributed by atoms with Crippen molar-refractivity contribution in [1.82, 2.24) is 0 Å². The molecule has 0 aliphatic heterocycles. The molecule has 0 saturated heterocycles. The summed E-state index contributed by atoms with van der Waals surface area (Å²) in [5, 5.41) is 9.15. The van der Waals surface area contributed by atoms with E-state index >= 15 is 0 Å². The van der Waals surface area contributed by atoms with Gasteiger partial charge in [0, 0.05) is 5.97 Å². The van der Waals surface area contributed by atoms with E-state index in [2.05, 4.69) is 12.6 Å². The first-order valence-electron chi connectivity index (χ1n) is 1.05. The molecule has 0 aromatic heterocycles.